The third-order valence-electron chi connectivity index (χ3n) is 6.16. The Bertz CT molecular complexity index is 1160. The molecule has 0 bridgehead atoms. The number of anilines is 2. The zero-order valence-electron chi connectivity index (χ0n) is 19.0. The van der Waals surface area contributed by atoms with E-state index in [0.717, 1.165) is 5.56 Å². The number of rotatable bonds is 6. The largest absolute Gasteiger partial charge is 0.474 e. The average molecular weight is 467 g/mol. The maximum Gasteiger partial charge on any atom is 0.259 e. The van der Waals surface area contributed by atoms with Gasteiger partial charge in [0.15, 0.2) is 0 Å². The first kappa shape index (κ1) is 22.0. The summed E-state index contributed by atoms with van der Waals surface area (Å²) < 4.78 is 16.7. The predicted octanol–water partition coefficient (Wildman–Crippen LogP) is 1.33. The van der Waals surface area contributed by atoms with Crippen LogP contribution < -0.4 is 15.4 Å². The number of carbonyl (C=O) groups excluding carboxylic acids is 1. The number of hydrogen-bond donors (Lipinski definition) is 1. The van der Waals surface area contributed by atoms with E-state index in [9.17, 15) is 4.79 Å². The lowest BCUT2D eigenvalue weighted by Gasteiger charge is -2.40. The van der Waals surface area contributed by atoms with Gasteiger partial charge in [-0.1, -0.05) is 5.16 Å². The highest BCUT2D eigenvalue weighted by Crippen LogP contribution is 2.32. The Morgan fingerprint density at radius 1 is 1.18 bits per heavy atom. The molecule has 0 aromatic carbocycles. The van der Waals surface area contributed by atoms with Crippen LogP contribution in [-0.2, 0) is 4.74 Å². The second-order valence-corrected chi connectivity index (χ2v) is 8.40. The van der Waals surface area contributed by atoms with Gasteiger partial charge in [-0.05, 0) is 6.92 Å². The van der Waals surface area contributed by atoms with Gasteiger partial charge in [0.25, 0.3) is 5.91 Å². The molecular weight excluding hydrogens is 440 g/mol. The van der Waals surface area contributed by atoms with Gasteiger partial charge in [0.2, 0.25) is 17.8 Å². The molecule has 0 unspecified atom stereocenters. The molecule has 2 N–H and O–H groups in total. The molecule has 4 heterocycles. The molecule has 1 saturated heterocycles. The molecule has 12 nitrogen and oxygen atoms in total. The Kier molecular flexibility index (Phi) is 5.97. The maximum atomic E-state index is 12.7. The first-order chi connectivity index (χ1) is 16.5. The van der Waals surface area contributed by atoms with Crippen molar-refractivity contribution in [2.45, 2.75) is 31.9 Å². The Hall–Kier alpha value is -3.80. The first-order valence-corrected chi connectivity index (χ1v) is 11.1. The molecule has 2 aliphatic rings. The van der Waals surface area contributed by atoms with E-state index in [0.29, 0.717) is 68.0 Å². The molecule has 5 rings (SSSR count). The lowest BCUT2D eigenvalue weighted by atomic mass is 9.87. The predicted molar refractivity (Wildman–Crippen MR) is 121 cm³/mol. The van der Waals surface area contributed by atoms with Crippen LogP contribution in [0.25, 0.3) is 11.3 Å². The summed E-state index contributed by atoms with van der Waals surface area (Å²) in [6, 6.07) is 1.85. The summed E-state index contributed by atoms with van der Waals surface area (Å²) in [6.45, 7) is 4.35. The highest BCUT2D eigenvalue weighted by molar-refractivity contribution is 5.94. The maximum absolute atomic E-state index is 12.7. The highest BCUT2D eigenvalue weighted by atomic mass is 16.5. The lowest BCUT2D eigenvalue weighted by Crippen LogP contribution is -2.50. The van der Waals surface area contributed by atoms with Gasteiger partial charge in [0, 0.05) is 63.0 Å². The highest BCUT2D eigenvalue weighted by Gasteiger charge is 2.37. The second-order valence-electron chi connectivity index (χ2n) is 8.40. The zero-order valence-corrected chi connectivity index (χ0v) is 19.0. The molecule has 34 heavy (non-hydrogen) atoms. The number of morpholine rings is 1. The summed E-state index contributed by atoms with van der Waals surface area (Å²) in [5.41, 5.74) is 7.48. The normalized spacial score (nSPS) is 20.0. The summed E-state index contributed by atoms with van der Waals surface area (Å²) in [6.07, 6.45) is 6.05. The van der Waals surface area contributed by atoms with Gasteiger partial charge in [-0.15, -0.1) is 0 Å². The summed E-state index contributed by atoms with van der Waals surface area (Å²) in [4.78, 5) is 34.0. The van der Waals surface area contributed by atoms with Crippen LogP contribution in [0.1, 0.15) is 29.0 Å². The van der Waals surface area contributed by atoms with Crippen molar-refractivity contribution >= 4 is 17.8 Å². The van der Waals surface area contributed by atoms with Gasteiger partial charge < -0.3 is 29.5 Å². The van der Waals surface area contributed by atoms with Gasteiger partial charge in [-0.3, -0.25) is 4.79 Å². The van der Waals surface area contributed by atoms with E-state index >= 15 is 0 Å². The van der Waals surface area contributed by atoms with Crippen LogP contribution in [0.3, 0.4) is 0 Å². The van der Waals surface area contributed by atoms with Crippen molar-refractivity contribution in [1.29, 1.82) is 0 Å². The number of aromatic nitrogens is 5. The van der Waals surface area contributed by atoms with Gasteiger partial charge in [-0.25, -0.2) is 15.0 Å². The van der Waals surface area contributed by atoms with E-state index in [-0.39, 0.29) is 24.0 Å². The Balaban J connectivity index is 1.30. The first-order valence-electron chi connectivity index (χ1n) is 11.1. The topological polar surface area (TPSA) is 146 Å². The summed E-state index contributed by atoms with van der Waals surface area (Å²) in [7, 11) is 1.79. The van der Waals surface area contributed by atoms with E-state index in [1.165, 1.54) is 6.20 Å². The fourth-order valence-electron chi connectivity index (χ4n) is 3.98. The number of ether oxygens (including phenoxy) is 2. The van der Waals surface area contributed by atoms with Crippen molar-refractivity contribution in [3.63, 3.8) is 0 Å². The van der Waals surface area contributed by atoms with Crippen molar-refractivity contribution in [2.75, 3.05) is 44.0 Å². The number of hydrogen-bond acceptors (Lipinski definition) is 11. The van der Waals surface area contributed by atoms with Gasteiger partial charge in [0.1, 0.15) is 17.4 Å². The smallest absolute Gasteiger partial charge is 0.259 e. The summed E-state index contributed by atoms with van der Waals surface area (Å²) in [5, 5.41) is 3.69. The second kappa shape index (κ2) is 9.21. The van der Waals surface area contributed by atoms with Gasteiger partial charge >= 0.3 is 0 Å². The fraction of sp³-hybridized carbons (Fsp3) is 0.455. The van der Waals surface area contributed by atoms with Crippen molar-refractivity contribution < 1.29 is 18.8 Å². The van der Waals surface area contributed by atoms with Crippen molar-refractivity contribution in [1.82, 2.24) is 30.0 Å². The van der Waals surface area contributed by atoms with Crippen LogP contribution in [0, 0.1) is 6.92 Å². The fourth-order valence-corrected chi connectivity index (χ4v) is 3.98. The molecule has 1 amide bonds. The minimum Gasteiger partial charge on any atom is -0.474 e. The summed E-state index contributed by atoms with van der Waals surface area (Å²) >= 11 is 0. The molecule has 1 aliphatic carbocycles. The molecule has 178 valence electrons. The van der Waals surface area contributed by atoms with Crippen LogP contribution in [0.4, 0.5) is 11.9 Å². The third-order valence-corrected chi connectivity index (χ3v) is 6.16. The van der Waals surface area contributed by atoms with E-state index in [4.69, 9.17) is 24.7 Å². The number of nitrogen functional groups attached to an aromatic ring is 1. The van der Waals surface area contributed by atoms with Crippen LogP contribution in [0.2, 0.25) is 0 Å². The van der Waals surface area contributed by atoms with Gasteiger partial charge in [0.05, 0.1) is 25.1 Å². The number of nitrogens with two attached hydrogens (primary N) is 1. The summed E-state index contributed by atoms with van der Waals surface area (Å²) in [5.74, 6) is 1.64. The zero-order chi connectivity index (χ0) is 23.7. The molecule has 3 aromatic rings. The third kappa shape index (κ3) is 4.49. The van der Waals surface area contributed by atoms with E-state index in [1.54, 1.807) is 37.3 Å². The Labute approximate surface area is 196 Å². The minimum atomic E-state index is -0.107. The van der Waals surface area contributed by atoms with E-state index in [2.05, 4.69) is 25.0 Å². The molecule has 1 aliphatic heterocycles. The minimum absolute atomic E-state index is 0.0632. The lowest BCUT2D eigenvalue weighted by molar-refractivity contribution is 0.0235. The Morgan fingerprint density at radius 2 is 1.91 bits per heavy atom. The average Bonchev–Trinajstić information content (AvgIpc) is 3.27. The van der Waals surface area contributed by atoms with Gasteiger partial charge in [-0.2, -0.15) is 4.98 Å². The molecule has 0 atom stereocenters. The molecular formula is C22H26N8O4. The number of aryl methyl sites for hydroxylation is 1. The number of carbonyl (C=O) groups is 1. The SMILES string of the molecule is Cc1oncc1C(=O)N(C)C1CC(Oc2cc(-c3cnc(N)nc3)nc(N3CCOCC3)n2)C1. The molecule has 1 saturated carbocycles. The molecule has 0 spiro atoms. The van der Waals surface area contributed by atoms with Crippen LogP contribution in [0.15, 0.2) is 29.2 Å². The van der Waals surface area contributed by atoms with Crippen molar-refractivity contribution in [2.24, 2.45) is 0 Å². The van der Waals surface area contributed by atoms with Crippen LogP contribution in [0.5, 0.6) is 5.88 Å². The molecule has 0 radical (unpaired) electrons. The van der Waals surface area contributed by atoms with Crippen LogP contribution >= 0.6 is 0 Å². The Morgan fingerprint density at radius 3 is 2.59 bits per heavy atom. The monoisotopic (exact) mass is 466 g/mol. The van der Waals surface area contributed by atoms with E-state index in [1.807, 2.05) is 0 Å². The molecule has 2 fully saturated rings. The van der Waals surface area contributed by atoms with Crippen molar-refractivity contribution in [3.8, 4) is 17.1 Å². The standard InChI is InChI=1S/C22H26N8O4/c1-13-17(12-26-34-13)20(31)29(2)15-7-16(8-15)33-19-9-18(14-10-24-21(23)25-11-14)27-22(28-19)30-3-5-32-6-4-30/h9-12,15-16H,3-8H2,1-2H3,(H2,23,24,25). The molecule has 3 aromatic heterocycles. The van der Waals surface area contributed by atoms with Crippen molar-refractivity contribution in [3.05, 3.63) is 36.0 Å². The number of nitrogens with zero attached hydrogens (tertiary/aromatic N) is 7. The molecule has 12 heteroatoms. The number of amides is 1. The quantitative estimate of drug-likeness (QED) is 0.561. The van der Waals surface area contributed by atoms with E-state index < -0.39 is 0 Å². The van der Waals surface area contributed by atoms with Crippen LogP contribution in [-0.4, -0.2) is 81.4 Å².